The minimum absolute atomic E-state index is 0.394. The fourth-order valence-electron chi connectivity index (χ4n) is 3.31. The van der Waals surface area contributed by atoms with E-state index in [2.05, 4.69) is 52.1 Å². The number of aromatic nitrogens is 2. The first-order valence-corrected chi connectivity index (χ1v) is 9.33. The Kier molecular flexibility index (Phi) is 4.45. The van der Waals surface area contributed by atoms with Crippen molar-refractivity contribution in [1.82, 2.24) is 9.97 Å². The molecule has 0 amide bonds. The Morgan fingerprint density at radius 3 is 2.71 bits per heavy atom. The first kappa shape index (κ1) is 15.5. The smallest absolute Gasteiger partial charge is 0.140 e. The molecular weight excluding hydrogens is 318 g/mol. The molecule has 1 saturated heterocycles. The summed E-state index contributed by atoms with van der Waals surface area (Å²) < 4.78 is 5.76. The summed E-state index contributed by atoms with van der Waals surface area (Å²) in [4.78, 5) is 13.8. The molecule has 1 aliphatic rings. The minimum atomic E-state index is 0.394. The Morgan fingerprint density at radius 1 is 1.17 bits per heavy atom. The molecule has 0 radical (unpaired) electrons. The molecule has 0 saturated carbocycles. The SMILES string of the molecule is CCOC1CCN(c2ncnc3sc(-c4ccccc4)cc23)CC1. The van der Waals surface area contributed by atoms with Gasteiger partial charge in [0.15, 0.2) is 0 Å². The minimum Gasteiger partial charge on any atom is -0.378 e. The highest BCUT2D eigenvalue weighted by atomic mass is 32.1. The summed E-state index contributed by atoms with van der Waals surface area (Å²) in [6.07, 6.45) is 4.22. The third-order valence-electron chi connectivity index (χ3n) is 4.51. The largest absolute Gasteiger partial charge is 0.378 e. The zero-order chi connectivity index (χ0) is 16.4. The number of ether oxygens (including phenoxy) is 1. The Balaban J connectivity index is 1.63. The third-order valence-corrected chi connectivity index (χ3v) is 5.60. The van der Waals surface area contributed by atoms with Crippen molar-refractivity contribution in [3.8, 4) is 10.4 Å². The summed E-state index contributed by atoms with van der Waals surface area (Å²) in [7, 11) is 0. The maximum atomic E-state index is 5.76. The first-order chi connectivity index (χ1) is 11.8. The van der Waals surface area contributed by atoms with Crippen LogP contribution in [0.5, 0.6) is 0 Å². The van der Waals surface area contributed by atoms with Crippen LogP contribution >= 0.6 is 11.3 Å². The van der Waals surface area contributed by atoms with Gasteiger partial charge >= 0.3 is 0 Å². The van der Waals surface area contributed by atoms with Crippen molar-refractivity contribution in [3.05, 3.63) is 42.7 Å². The van der Waals surface area contributed by atoms with Gasteiger partial charge in [0.05, 0.1) is 11.5 Å². The van der Waals surface area contributed by atoms with Crippen LogP contribution in [-0.2, 0) is 4.74 Å². The van der Waals surface area contributed by atoms with Crippen molar-refractivity contribution in [3.63, 3.8) is 0 Å². The van der Waals surface area contributed by atoms with Crippen LogP contribution in [0.4, 0.5) is 5.82 Å². The molecule has 1 fully saturated rings. The second-order valence-corrected chi connectivity index (χ2v) is 7.07. The molecule has 3 aromatic rings. The standard InChI is InChI=1S/C19H21N3OS/c1-2-23-15-8-10-22(11-9-15)18-16-12-17(14-6-4-3-5-7-14)24-19(16)21-13-20-18/h3-7,12-13,15H,2,8-11H2,1H3. The van der Waals surface area contributed by atoms with Crippen LogP contribution in [0.2, 0.25) is 0 Å². The Bertz CT molecular complexity index is 810. The zero-order valence-corrected chi connectivity index (χ0v) is 14.6. The molecule has 3 heterocycles. The van der Waals surface area contributed by atoms with Crippen LogP contribution < -0.4 is 4.90 Å². The maximum absolute atomic E-state index is 5.76. The summed E-state index contributed by atoms with van der Waals surface area (Å²) in [5, 5.41) is 1.16. The fourth-order valence-corrected chi connectivity index (χ4v) is 4.31. The average molecular weight is 339 g/mol. The summed E-state index contributed by atoms with van der Waals surface area (Å²) in [6.45, 7) is 4.85. The van der Waals surface area contributed by atoms with Gasteiger partial charge in [-0.3, -0.25) is 0 Å². The number of benzene rings is 1. The summed E-state index contributed by atoms with van der Waals surface area (Å²) >= 11 is 1.73. The molecule has 0 bridgehead atoms. The zero-order valence-electron chi connectivity index (χ0n) is 13.8. The lowest BCUT2D eigenvalue weighted by Gasteiger charge is -2.32. The predicted molar refractivity (Wildman–Crippen MR) is 99.7 cm³/mol. The Hall–Kier alpha value is -1.98. The number of piperidine rings is 1. The van der Waals surface area contributed by atoms with Crippen LogP contribution in [-0.4, -0.2) is 35.8 Å². The van der Waals surface area contributed by atoms with Crippen LogP contribution in [0.3, 0.4) is 0 Å². The molecule has 4 nitrogen and oxygen atoms in total. The van der Waals surface area contributed by atoms with Crippen molar-refractivity contribution in [2.75, 3.05) is 24.6 Å². The summed E-state index contributed by atoms with van der Waals surface area (Å²) in [6, 6.07) is 12.7. The van der Waals surface area contributed by atoms with Gasteiger partial charge in [-0.05, 0) is 31.4 Å². The lowest BCUT2D eigenvalue weighted by Crippen LogP contribution is -2.37. The van der Waals surface area contributed by atoms with E-state index in [-0.39, 0.29) is 0 Å². The maximum Gasteiger partial charge on any atom is 0.140 e. The quantitative estimate of drug-likeness (QED) is 0.708. The number of fused-ring (bicyclic) bond motifs is 1. The molecule has 124 valence electrons. The number of nitrogens with zero attached hydrogens (tertiary/aromatic N) is 3. The average Bonchev–Trinajstić information content (AvgIpc) is 3.08. The van der Waals surface area contributed by atoms with E-state index in [1.807, 2.05) is 6.07 Å². The molecule has 2 aromatic heterocycles. The van der Waals surface area contributed by atoms with Gasteiger partial charge in [0.1, 0.15) is 17.0 Å². The van der Waals surface area contributed by atoms with Gasteiger partial charge in [-0.15, -0.1) is 11.3 Å². The number of hydrogen-bond acceptors (Lipinski definition) is 5. The first-order valence-electron chi connectivity index (χ1n) is 8.51. The second-order valence-electron chi connectivity index (χ2n) is 6.03. The Morgan fingerprint density at radius 2 is 1.96 bits per heavy atom. The van der Waals surface area contributed by atoms with Crippen molar-refractivity contribution < 1.29 is 4.74 Å². The van der Waals surface area contributed by atoms with E-state index in [0.29, 0.717) is 6.10 Å². The van der Waals surface area contributed by atoms with E-state index in [0.717, 1.165) is 48.6 Å². The van der Waals surface area contributed by atoms with Gasteiger partial charge < -0.3 is 9.64 Å². The lowest BCUT2D eigenvalue weighted by molar-refractivity contribution is 0.0459. The van der Waals surface area contributed by atoms with Gasteiger partial charge in [0, 0.05) is 24.6 Å². The number of thiophene rings is 1. The Labute approximate surface area is 146 Å². The second kappa shape index (κ2) is 6.87. The molecular formula is C19H21N3OS. The predicted octanol–water partition coefficient (Wildman–Crippen LogP) is 4.36. The third kappa shape index (κ3) is 3.01. The topological polar surface area (TPSA) is 38.2 Å². The van der Waals surface area contributed by atoms with Crippen LogP contribution in [0.25, 0.3) is 20.7 Å². The molecule has 1 aliphatic heterocycles. The highest BCUT2D eigenvalue weighted by Crippen LogP contribution is 2.36. The van der Waals surface area contributed by atoms with Gasteiger partial charge in [-0.2, -0.15) is 0 Å². The lowest BCUT2D eigenvalue weighted by atomic mass is 10.1. The fraction of sp³-hybridized carbons (Fsp3) is 0.368. The number of anilines is 1. The monoisotopic (exact) mass is 339 g/mol. The number of hydrogen-bond donors (Lipinski definition) is 0. The molecule has 0 unspecified atom stereocenters. The molecule has 0 spiro atoms. The molecule has 0 atom stereocenters. The van der Waals surface area contributed by atoms with E-state index >= 15 is 0 Å². The summed E-state index contributed by atoms with van der Waals surface area (Å²) in [5.41, 5.74) is 1.24. The molecule has 0 N–H and O–H groups in total. The van der Waals surface area contributed by atoms with E-state index in [1.165, 1.54) is 10.4 Å². The molecule has 4 rings (SSSR count). The normalized spacial score (nSPS) is 16.0. The highest BCUT2D eigenvalue weighted by Gasteiger charge is 2.22. The molecule has 5 heteroatoms. The number of rotatable bonds is 4. The summed E-state index contributed by atoms with van der Waals surface area (Å²) in [5.74, 6) is 1.06. The van der Waals surface area contributed by atoms with Crippen molar-refractivity contribution in [2.24, 2.45) is 0 Å². The van der Waals surface area contributed by atoms with Gasteiger partial charge in [0.25, 0.3) is 0 Å². The van der Waals surface area contributed by atoms with Crippen molar-refractivity contribution >= 4 is 27.4 Å². The van der Waals surface area contributed by atoms with Gasteiger partial charge in [0.2, 0.25) is 0 Å². The van der Waals surface area contributed by atoms with E-state index in [4.69, 9.17) is 4.74 Å². The van der Waals surface area contributed by atoms with Crippen LogP contribution in [0.15, 0.2) is 42.7 Å². The van der Waals surface area contributed by atoms with Gasteiger partial charge in [-0.25, -0.2) is 9.97 Å². The van der Waals surface area contributed by atoms with Gasteiger partial charge in [-0.1, -0.05) is 30.3 Å². The van der Waals surface area contributed by atoms with E-state index in [9.17, 15) is 0 Å². The van der Waals surface area contributed by atoms with Crippen LogP contribution in [0.1, 0.15) is 19.8 Å². The molecule has 24 heavy (non-hydrogen) atoms. The molecule has 1 aromatic carbocycles. The highest BCUT2D eigenvalue weighted by molar-refractivity contribution is 7.21. The van der Waals surface area contributed by atoms with E-state index in [1.54, 1.807) is 17.7 Å². The molecule has 0 aliphatic carbocycles. The van der Waals surface area contributed by atoms with Crippen molar-refractivity contribution in [2.45, 2.75) is 25.9 Å². The van der Waals surface area contributed by atoms with Crippen LogP contribution in [0, 0.1) is 0 Å². The van der Waals surface area contributed by atoms with E-state index < -0.39 is 0 Å². The van der Waals surface area contributed by atoms with Crippen molar-refractivity contribution in [1.29, 1.82) is 0 Å².